The van der Waals surface area contributed by atoms with Crippen molar-refractivity contribution in [1.29, 1.82) is 0 Å². The first-order chi connectivity index (χ1) is 6.65. The van der Waals surface area contributed by atoms with E-state index in [9.17, 15) is 0 Å². The lowest BCUT2D eigenvalue weighted by atomic mass is 9.93. The number of rotatable bonds is 4. The molecule has 0 aliphatic carbocycles. The molecule has 0 heteroatoms. The average molecular weight is 190 g/mol. The van der Waals surface area contributed by atoms with Crippen LogP contribution < -0.4 is 0 Å². The summed E-state index contributed by atoms with van der Waals surface area (Å²) in [5.74, 6) is 0.717. The van der Waals surface area contributed by atoms with Crippen LogP contribution in [0, 0.1) is 13.8 Å². The van der Waals surface area contributed by atoms with Gasteiger partial charge in [0, 0.05) is 0 Å². The molecule has 0 aliphatic heterocycles. The molecule has 0 fully saturated rings. The molecule has 0 N–H and O–H groups in total. The molecule has 0 radical (unpaired) electrons. The first-order valence-electron chi connectivity index (χ1n) is 5.72. The molecule has 1 unspecified atom stereocenters. The predicted molar refractivity (Wildman–Crippen MR) is 63.9 cm³/mol. The molecule has 0 nitrogen and oxygen atoms in total. The Morgan fingerprint density at radius 1 is 1.14 bits per heavy atom. The zero-order chi connectivity index (χ0) is 10.6. The molecule has 0 heterocycles. The van der Waals surface area contributed by atoms with Crippen molar-refractivity contribution in [2.24, 2.45) is 0 Å². The quantitative estimate of drug-likeness (QED) is 0.651. The van der Waals surface area contributed by atoms with E-state index in [4.69, 9.17) is 0 Å². The van der Waals surface area contributed by atoms with E-state index in [0.717, 1.165) is 0 Å². The van der Waals surface area contributed by atoms with Gasteiger partial charge in [-0.05, 0) is 42.9 Å². The molecular formula is C14H22. The number of hydrogen-bond acceptors (Lipinski definition) is 0. The van der Waals surface area contributed by atoms with E-state index in [1.54, 1.807) is 0 Å². The minimum Gasteiger partial charge on any atom is -0.0654 e. The van der Waals surface area contributed by atoms with E-state index in [1.165, 1.54) is 36.0 Å². The van der Waals surface area contributed by atoms with Crippen molar-refractivity contribution in [3.8, 4) is 0 Å². The molecule has 78 valence electrons. The van der Waals surface area contributed by atoms with Crippen molar-refractivity contribution in [3.63, 3.8) is 0 Å². The van der Waals surface area contributed by atoms with Gasteiger partial charge in [0.25, 0.3) is 0 Å². The summed E-state index contributed by atoms with van der Waals surface area (Å²) in [5, 5.41) is 0. The SMILES string of the molecule is CCCCC(C)c1ccc(C)c(C)c1. The Kier molecular flexibility index (Phi) is 4.19. The molecule has 1 aromatic carbocycles. The fourth-order valence-electron chi connectivity index (χ4n) is 1.75. The molecule has 14 heavy (non-hydrogen) atoms. The second-order valence-electron chi connectivity index (χ2n) is 4.39. The van der Waals surface area contributed by atoms with E-state index in [0.29, 0.717) is 5.92 Å². The Morgan fingerprint density at radius 2 is 1.86 bits per heavy atom. The van der Waals surface area contributed by atoms with Crippen molar-refractivity contribution in [2.75, 3.05) is 0 Å². The number of benzene rings is 1. The highest BCUT2D eigenvalue weighted by Gasteiger charge is 2.05. The third-order valence-electron chi connectivity index (χ3n) is 3.09. The summed E-state index contributed by atoms with van der Waals surface area (Å²) in [4.78, 5) is 0. The van der Waals surface area contributed by atoms with Crippen molar-refractivity contribution < 1.29 is 0 Å². The van der Waals surface area contributed by atoms with Crippen LogP contribution in [0.5, 0.6) is 0 Å². The normalized spacial score (nSPS) is 12.9. The lowest BCUT2D eigenvalue weighted by Crippen LogP contribution is -1.94. The molecule has 0 bridgehead atoms. The van der Waals surface area contributed by atoms with Crippen molar-refractivity contribution >= 4 is 0 Å². The maximum atomic E-state index is 2.34. The summed E-state index contributed by atoms with van der Waals surface area (Å²) in [7, 11) is 0. The van der Waals surface area contributed by atoms with Crippen molar-refractivity contribution in [3.05, 3.63) is 34.9 Å². The lowest BCUT2D eigenvalue weighted by molar-refractivity contribution is 0.624. The Labute approximate surface area is 88.4 Å². The van der Waals surface area contributed by atoms with Crippen LogP contribution in [-0.4, -0.2) is 0 Å². The molecule has 0 amide bonds. The first kappa shape index (κ1) is 11.3. The molecule has 1 rings (SSSR count). The highest BCUT2D eigenvalue weighted by Crippen LogP contribution is 2.23. The Bertz CT molecular complexity index is 286. The van der Waals surface area contributed by atoms with Gasteiger partial charge in [-0.2, -0.15) is 0 Å². The minimum absolute atomic E-state index is 0.717. The lowest BCUT2D eigenvalue weighted by Gasteiger charge is -2.12. The Hall–Kier alpha value is -0.780. The molecule has 0 aromatic heterocycles. The summed E-state index contributed by atoms with van der Waals surface area (Å²) in [6, 6.07) is 6.87. The largest absolute Gasteiger partial charge is 0.0654 e. The van der Waals surface area contributed by atoms with Crippen molar-refractivity contribution in [2.45, 2.75) is 52.9 Å². The smallest absolute Gasteiger partial charge is 0.0190 e. The fraction of sp³-hybridized carbons (Fsp3) is 0.571. The molecule has 0 aliphatic rings. The summed E-state index contributed by atoms with van der Waals surface area (Å²) in [6.07, 6.45) is 3.96. The summed E-state index contributed by atoms with van der Waals surface area (Å²) < 4.78 is 0. The van der Waals surface area contributed by atoms with E-state index in [-0.39, 0.29) is 0 Å². The van der Waals surface area contributed by atoms with Gasteiger partial charge in [-0.3, -0.25) is 0 Å². The van der Waals surface area contributed by atoms with Gasteiger partial charge in [0.1, 0.15) is 0 Å². The van der Waals surface area contributed by atoms with E-state index in [1.807, 2.05) is 0 Å². The van der Waals surface area contributed by atoms with Gasteiger partial charge < -0.3 is 0 Å². The molecule has 1 atom stereocenters. The zero-order valence-electron chi connectivity index (χ0n) is 9.93. The number of hydrogen-bond donors (Lipinski definition) is 0. The molecule has 0 saturated carbocycles. The highest BCUT2D eigenvalue weighted by atomic mass is 14.1. The standard InChI is InChI=1S/C14H22/c1-5-6-7-12(3)14-9-8-11(2)13(4)10-14/h8-10,12H,5-7H2,1-4H3. The van der Waals surface area contributed by atoms with E-state index >= 15 is 0 Å². The third-order valence-corrected chi connectivity index (χ3v) is 3.09. The monoisotopic (exact) mass is 190 g/mol. The van der Waals surface area contributed by atoms with E-state index < -0.39 is 0 Å². The second-order valence-corrected chi connectivity index (χ2v) is 4.39. The second kappa shape index (κ2) is 5.19. The van der Waals surface area contributed by atoms with Gasteiger partial charge in [0.15, 0.2) is 0 Å². The molecule has 0 saturated heterocycles. The zero-order valence-corrected chi connectivity index (χ0v) is 9.93. The van der Waals surface area contributed by atoms with Crippen molar-refractivity contribution in [1.82, 2.24) is 0 Å². The molecular weight excluding hydrogens is 168 g/mol. The van der Waals surface area contributed by atoms with Crippen LogP contribution in [0.15, 0.2) is 18.2 Å². The van der Waals surface area contributed by atoms with Crippen LogP contribution in [0.1, 0.15) is 55.7 Å². The van der Waals surface area contributed by atoms with Gasteiger partial charge in [0.2, 0.25) is 0 Å². The Morgan fingerprint density at radius 3 is 2.43 bits per heavy atom. The topological polar surface area (TPSA) is 0 Å². The van der Waals surface area contributed by atoms with Crippen LogP contribution in [0.3, 0.4) is 0 Å². The van der Waals surface area contributed by atoms with Crippen LogP contribution in [0.2, 0.25) is 0 Å². The van der Waals surface area contributed by atoms with Gasteiger partial charge in [-0.1, -0.05) is 44.9 Å². The highest BCUT2D eigenvalue weighted by molar-refractivity contribution is 5.31. The van der Waals surface area contributed by atoms with Gasteiger partial charge >= 0.3 is 0 Å². The first-order valence-corrected chi connectivity index (χ1v) is 5.72. The van der Waals surface area contributed by atoms with Crippen LogP contribution >= 0.6 is 0 Å². The van der Waals surface area contributed by atoms with Crippen LogP contribution in [0.25, 0.3) is 0 Å². The van der Waals surface area contributed by atoms with Gasteiger partial charge in [-0.25, -0.2) is 0 Å². The number of unbranched alkanes of at least 4 members (excludes halogenated alkanes) is 1. The minimum atomic E-state index is 0.717. The third kappa shape index (κ3) is 2.87. The summed E-state index contributed by atoms with van der Waals surface area (Å²) in [5.41, 5.74) is 4.32. The predicted octanol–water partition coefficient (Wildman–Crippen LogP) is 4.60. The van der Waals surface area contributed by atoms with Gasteiger partial charge in [-0.15, -0.1) is 0 Å². The summed E-state index contributed by atoms with van der Waals surface area (Å²) in [6.45, 7) is 8.97. The molecule has 0 spiro atoms. The van der Waals surface area contributed by atoms with Crippen LogP contribution in [-0.2, 0) is 0 Å². The van der Waals surface area contributed by atoms with E-state index in [2.05, 4.69) is 45.9 Å². The molecule has 1 aromatic rings. The maximum absolute atomic E-state index is 2.34. The Balaban J connectivity index is 2.70. The average Bonchev–Trinajstić information content (AvgIpc) is 2.18. The number of aryl methyl sites for hydroxylation is 2. The summed E-state index contributed by atoms with van der Waals surface area (Å²) >= 11 is 0. The maximum Gasteiger partial charge on any atom is -0.0190 e. The fourth-order valence-corrected chi connectivity index (χ4v) is 1.75. The van der Waals surface area contributed by atoms with Gasteiger partial charge in [0.05, 0.1) is 0 Å². The van der Waals surface area contributed by atoms with Crippen LogP contribution in [0.4, 0.5) is 0 Å².